The van der Waals surface area contributed by atoms with Crippen molar-refractivity contribution in [2.75, 3.05) is 19.6 Å². The van der Waals surface area contributed by atoms with Crippen LogP contribution in [0, 0.1) is 0 Å². The standard InChI is InChI=1S/C14H19N3O4S/c18-13-8-4-5-11-17(13)14(19)15-9-10-16-22(20,21)12-6-2-1-3-7-12/h1-3,6-7,16H,4-5,8-11H2,(H,15,19). The highest BCUT2D eigenvalue weighted by molar-refractivity contribution is 7.89. The molecule has 0 bridgehead atoms. The fourth-order valence-corrected chi connectivity index (χ4v) is 3.21. The first kappa shape index (κ1) is 16.4. The van der Waals surface area contributed by atoms with Crippen molar-refractivity contribution in [2.45, 2.75) is 24.2 Å². The number of amides is 3. The summed E-state index contributed by atoms with van der Waals surface area (Å²) in [5, 5.41) is 2.55. The zero-order valence-electron chi connectivity index (χ0n) is 12.1. The van der Waals surface area contributed by atoms with Crippen LogP contribution in [0.2, 0.25) is 0 Å². The van der Waals surface area contributed by atoms with E-state index in [0.29, 0.717) is 13.0 Å². The number of rotatable bonds is 5. The molecule has 1 aliphatic heterocycles. The number of likely N-dealkylation sites (tertiary alicyclic amines) is 1. The summed E-state index contributed by atoms with van der Waals surface area (Å²) in [5.41, 5.74) is 0. The summed E-state index contributed by atoms with van der Waals surface area (Å²) < 4.78 is 26.3. The number of nitrogens with zero attached hydrogens (tertiary/aromatic N) is 1. The predicted octanol–water partition coefficient (Wildman–Crippen LogP) is 0.687. The van der Waals surface area contributed by atoms with Crippen molar-refractivity contribution >= 4 is 22.0 Å². The van der Waals surface area contributed by atoms with Gasteiger partial charge < -0.3 is 5.32 Å². The molecule has 0 aliphatic carbocycles. The first-order valence-electron chi connectivity index (χ1n) is 7.13. The number of imide groups is 1. The van der Waals surface area contributed by atoms with Crippen molar-refractivity contribution in [3.05, 3.63) is 30.3 Å². The normalized spacial score (nSPS) is 15.6. The number of nitrogens with one attached hydrogen (secondary N) is 2. The Balaban J connectivity index is 1.77. The zero-order chi connectivity index (χ0) is 16.0. The lowest BCUT2D eigenvalue weighted by Crippen LogP contribution is -2.47. The second-order valence-corrected chi connectivity index (χ2v) is 6.71. The van der Waals surface area contributed by atoms with Crippen LogP contribution in [0.25, 0.3) is 0 Å². The van der Waals surface area contributed by atoms with Gasteiger partial charge in [0, 0.05) is 26.1 Å². The molecule has 0 unspecified atom stereocenters. The number of piperidine rings is 1. The predicted molar refractivity (Wildman–Crippen MR) is 80.6 cm³/mol. The third kappa shape index (κ3) is 4.28. The van der Waals surface area contributed by atoms with Crippen LogP contribution in [-0.2, 0) is 14.8 Å². The van der Waals surface area contributed by atoms with Crippen LogP contribution in [0.5, 0.6) is 0 Å². The van der Waals surface area contributed by atoms with Gasteiger partial charge in [0.1, 0.15) is 0 Å². The van der Waals surface area contributed by atoms with E-state index in [9.17, 15) is 18.0 Å². The minimum absolute atomic E-state index is 0.0605. The van der Waals surface area contributed by atoms with E-state index < -0.39 is 16.1 Å². The molecule has 1 fully saturated rings. The third-order valence-corrected chi connectivity index (χ3v) is 4.79. The molecule has 7 nitrogen and oxygen atoms in total. The molecule has 0 saturated carbocycles. The zero-order valence-corrected chi connectivity index (χ0v) is 12.9. The van der Waals surface area contributed by atoms with Gasteiger partial charge in [-0.1, -0.05) is 18.2 Å². The van der Waals surface area contributed by atoms with Crippen LogP contribution in [0.1, 0.15) is 19.3 Å². The van der Waals surface area contributed by atoms with Gasteiger partial charge in [-0.25, -0.2) is 17.9 Å². The number of benzene rings is 1. The molecule has 1 aromatic carbocycles. The summed E-state index contributed by atoms with van der Waals surface area (Å²) in [6, 6.07) is 7.52. The molecular weight excluding hydrogens is 306 g/mol. The second-order valence-electron chi connectivity index (χ2n) is 4.95. The molecular formula is C14H19N3O4S. The molecule has 120 valence electrons. The Morgan fingerprint density at radius 1 is 1.14 bits per heavy atom. The van der Waals surface area contributed by atoms with Gasteiger partial charge in [0.15, 0.2) is 0 Å². The fourth-order valence-electron chi connectivity index (χ4n) is 2.15. The molecule has 2 rings (SSSR count). The van der Waals surface area contributed by atoms with E-state index in [0.717, 1.165) is 12.8 Å². The molecule has 0 radical (unpaired) electrons. The molecule has 0 spiro atoms. The van der Waals surface area contributed by atoms with Crippen molar-refractivity contribution in [3.8, 4) is 0 Å². The molecule has 0 aromatic heterocycles. The first-order chi connectivity index (χ1) is 10.5. The second kappa shape index (κ2) is 7.37. The highest BCUT2D eigenvalue weighted by atomic mass is 32.2. The van der Waals surface area contributed by atoms with Gasteiger partial charge in [-0.05, 0) is 25.0 Å². The van der Waals surface area contributed by atoms with E-state index in [4.69, 9.17) is 0 Å². The number of urea groups is 1. The molecule has 0 atom stereocenters. The molecule has 1 aromatic rings. The lowest BCUT2D eigenvalue weighted by molar-refractivity contribution is -0.130. The summed E-state index contributed by atoms with van der Waals surface area (Å²) in [5.74, 6) is -0.186. The molecule has 1 saturated heterocycles. The maximum Gasteiger partial charge on any atom is 0.324 e. The molecule has 1 heterocycles. The summed E-state index contributed by atoms with van der Waals surface area (Å²) >= 11 is 0. The quantitative estimate of drug-likeness (QED) is 0.779. The van der Waals surface area contributed by atoms with Crippen molar-refractivity contribution in [1.29, 1.82) is 0 Å². The maximum absolute atomic E-state index is 11.9. The van der Waals surface area contributed by atoms with Crippen LogP contribution in [0.15, 0.2) is 35.2 Å². The Hall–Kier alpha value is -1.93. The Morgan fingerprint density at radius 3 is 2.55 bits per heavy atom. The Morgan fingerprint density at radius 2 is 1.86 bits per heavy atom. The lowest BCUT2D eigenvalue weighted by Gasteiger charge is -2.24. The molecule has 3 amide bonds. The molecule has 22 heavy (non-hydrogen) atoms. The lowest BCUT2D eigenvalue weighted by atomic mass is 10.1. The van der Waals surface area contributed by atoms with Crippen LogP contribution < -0.4 is 10.0 Å². The van der Waals surface area contributed by atoms with E-state index in [1.807, 2.05) is 0 Å². The number of carbonyl (C=O) groups is 2. The van der Waals surface area contributed by atoms with Crippen molar-refractivity contribution in [1.82, 2.24) is 14.9 Å². The van der Waals surface area contributed by atoms with E-state index in [2.05, 4.69) is 10.0 Å². The number of hydrogen-bond donors (Lipinski definition) is 2. The van der Waals surface area contributed by atoms with Gasteiger partial charge in [-0.2, -0.15) is 0 Å². The average Bonchev–Trinajstić information content (AvgIpc) is 2.53. The van der Waals surface area contributed by atoms with Crippen molar-refractivity contribution < 1.29 is 18.0 Å². The summed E-state index contributed by atoms with van der Waals surface area (Å²) in [4.78, 5) is 24.7. The van der Waals surface area contributed by atoms with Crippen LogP contribution in [0.3, 0.4) is 0 Å². The smallest absolute Gasteiger partial charge is 0.324 e. The maximum atomic E-state index is 11.9. The topological polar surface area (TPSA) is 95.6 Å². The minimum Gasteiger partial charge on any atom is -0.336 e. The number of carbonyl (C=O) groups excluding carboxylic acids is 2. The monoisotopic (exact) mass is 325 g/mol. The largest absolute Gasteiger partial charge is 0.336 e. The number of sulfonamides is 1. The summed E-state index contributed by atoms with van der Waals surface area (Å²) in [7, 11) is -3.58. The Kier molecular flexibility index (Phi) is 5.51. The fraction of sp³-hybridized carbons (Fsp3) is 0.429. The highest BCUT2D eigenvalue weighted by Crippen LogP contribution is 2.10. The Bertz CT molecular complexity index is 631. The van der Waals surface area contributed by atoms with Crippen LogP contribution in [-0.4, -0.2) is 44.9 Å². The SMILES string of the molecule is O=C1CCCCN1C(=O)NCCNS(=O)(=O)c1ccccc1. The van der Waals surface area contributed by atoms with E-state index in [1.54, 1.807) is 18.2 Å². The van der Waals surface area contributed by atoms with Gasteiger partial charge in [-0.3, -0.25) is 9.69 Å². The highest BCUT2D eigenvalue weighted by Gasteiger charge is 2.23. The van der Waals surface area contributed by atoms with Gasteiger partial charge >= 0.3 is 6.03 Å². The molecule has 8 heteroatoms. The van der Waals surface area contributed by atoms with Gasteiger partial charge in [0.25, 0.3) is 0 Å². The Labute approximate surface area is 129 Å². The summed E-state index contributed by atoms with van der Waals surface area (Å²) in [6.07, 6.45) is 1.99. The minimum atomic E-state index is -3.58. The van der Waals surface area contributed by atoms with Gasteiger partial charge in [0.05, 0.1) is 4.90 Å². The van der Waals surface area contributed by atoms with Crippen molar-refractivity contribution in [2.24, 2.45) is 0 Å². The van der Waals surface area contributed by atoms with Gasteiger partial charge in [0.2, 0.25) is 15.9 Å². The van der Waals surface area contributed by atoms with Crippen molar-refractivity contribution in [3.63, 3.8) is 0 Å². The van der Waals surface area contributed by atoms with Crippen LogP contribution in [0.4, 0.5) is 4.79 Å². The average molecular weight is 325 g/mol. The first-order valence-corrected chi connectivity index (χ1v) is 8.62. The van der Waals surface area contributed by atoms with E-state index in [-0.39, 0.29) is 23.9 Å². The number of hydrogen-bond acceptors (Lipinski definition) is 4. The third-order valence-electron chi connectivity index (χ3n) is 3.32. The summed E-state index contributed by atoms with van der Waals surface area (Å²) in [6.45, 7) is 0.597. The van der Waals surface area contributed by atoms with Gasteiger partial charge in [-0.15, -0.1) is 0 Å². The molecule has 2 N–H and O–H groups in total. The van der Waals surface area contributed by atoms with E-state index >= 15 is 0 Å². The van der Waals surface area contributed by atoms with E-state index in [1.165, 1.54) is 17.0 Å². The van der Waals surface area contributed by atoms with Crippen LogP contribution >= 0.6 is 0 Å². The molecule has 1 aliphatic rings.